The van der Waals surface area contributed by atoms with Crippen LogP contribution in [0.3, 0.4) is 0 Å². The summed E-state index contributed by atoms with van der Waals surface area (Å²) in [5, 5.41) is 0. The molecule has 0 aliphatic carbocycles. The molecule has 16 heavy (non-hydrogen) atoms. The predicted octanol–water partition coefficient (Wildman–Crippen LogP) is 2.91. The van der Waals surface area contributed by atoms with Crippen LogP contribution in [0.1, 0.15) is 12.5 Å². The lowest BCUT2D eigenvalue weighted by Gasteiger charge is -2.06. The molecule has 1 aromatic rings. The first kappa shape index (κ1) is 12.5. The highest BCUT2D eigenvalue weighted by atomic mass is 19.4. The molecule has 0 aromatic heterocycles. The molecule has 0 amide bonds. The molecule has 3 nitrogen and oxygen atoms in total. The monoisotopic (exact) mass is 232 g/mol. The Hall–Kier alpha value is -1.56. The number of alkyl halides is 3. The van der Waals surface area contributed by atoms with E-state index in [4.69, 9.17) is 4.84 Å². The Labute approximate surface area is 90.9 Å². The number of benzene rings is 1. The lowest BCUT2D eigenvalue weighted by molar-refractivity contribution is -0.137. The standard InChI is InChI=1S/C10H11F3N2O/c1-2-16-15-7-14-9-5-3-4-8(6-9)10(11,12)13/h3-7H,2H2,1H3,(H,14,15). The fourth-order valence-electron chi connectivity index (χ4n) is 0.984. The van der Waals surface area contributed by atoms with E-state index in [1.165, 1.54) is 18.5 Å². The van der Waals surface area contributed by atoms with Gasteiger partial charge in [0.2, 0.25) is 0 Å². The van der Waals surface area contributed by atoms with Crippen LogP contribution in [0.25, 0.3) is 0 Å². The summed E-state index contributed by atoms with van der Waals surface area (Å²) < 4.78 is 37.0. The van der Waals surface area contributed by atoms with Crippen molar-refractivity contribution >= 4 is 12.0 Å². The summed E-state index contributed by atoms with van der Waals surface area (Å²) in [4.78, 5) is 8.49. The smallest absolute Gasteiger partial charge is 0.276 e. The van der Waals surface area contributed by atoms with Crippen LogP contribution in [0.4, 0.5) is 18.9 Å². The summed E-state index contributed by atoms with van der Waals surface area (Å²) in [5.41, 5.74) is 1.86. The zero-order valence-electron chi connectivity index (χ0n) is 8.58. The van der Waals surface area contributed by atoms with Crippen LogP contribution in [-0.4, -0.2) is 12.9 Å². The Morgan fingerprint density at radius 3 is 2.81 bits per heavy atom. The van der Waals surface area contributed by atoms with Gasteiger partial charge in [0.05, 0.1) is 17.9 Å². The zero-order chi connectivity index (χ0) is 12.0. The first-order valence-corrected chi connectivity index (χ1v) is 4.61. The van der Waals surface area contributed by atoms with E-state index in [1.807, 2.05) is 0 Å². The van der Waals surface area contributed by atoms with E-state index < -0.39 is 11.7 Å². The second-order valence-electron chi connectivity index (χ2n) is 2.86. The molecular weight excluding hydrogens is 221 g/mol. The molecule has 1 N–H and O–H groups in total. The molecule has 0 fully saturated rings. The third-order valence-corrected chi connectivity index (χ3v) is 1.67. The molecule has 0 saturated carbocycles. The molecule has 1 rings (SSSR count). The number of hydroxylamine groups is 1. The largest absolute Gasteiger partial charge is 0.416 e. The second-order valence-corrected chi connectivity index (χ2v) is 2.86. The summed E-state index contributed by atoms with van der Waals surface area (Å²) in [6.07, 6.45) is -3.15. The fourth-order valence-corrected chi connectivity index (χ4v) is 0.984. The number of aliphatic imine (C=N–C) groups is 1. The topological polar surface area (TPSA) is 33.6 Å². The minimum absolute atomic E-state index is 0.210. The van der Waals surface area contributed by atoms with E-state index >= 15 is 0 Å². The number of hydrogen-bond donors (Lipinski definition) is 1. The highest BCUT2D eigenvalue weighted by Crippen LogP contribution is 2.31. The molecule has 0 unspecified atom stereocenters. The normalized spacial score (nSPS) is 12.0. The van der Waals surface area contributed by atoms with E-state index in [2.05, 4.69) is 10.5 Å². The van der Waals surface area contributed by atoms with Crippen LogP contribution >= 0.6 is 0 Å². The molecule has 1 aromatic carbocycles. The molecular formula is C10H11F3N2O. The van der Waals surface area contributed by atoms with Gasteiger partial charge < -0.3 is 0 Å². The fraction of sp³-hybridized carbons (Fsp3) is 0.300. The zero-order valence-corrected chi connectivity index (χ0v) is 8.58. The van der Waals surface area contributed by atoms with Gasteiger partial charge in [-0.3, -0.25) is 10.3 Å². The van der Waals surface area contributed by atoms with E-state index in [-0.39, 0.29) is 5.69 Å². The van der Waals surface area contributed by atoms with Crippen LogP contribution < -0.4 is 5.48 Å². The van der Waals surface area contributed by atoms with Crippen molar-refractivity contribution in [3.63, 3.8) is 0 Å². The summed E-state index contributed by atoms with van der Waals surface area (Å²) in [6.45, 7) is 2.21. The van der Waals surface area contributed by atoms with Crippen molar-refractivity contribution in [2.45, 2.75) is 13.1 Å². The van der Waals surface area contributed by atoms with Crippen LogP contribution in [0.15, 0.2) is 29.3 Å². The van der Waals surface area contributed by atoms with Crippen LogP contribution in [-0.2, 0) is 11.0 Å². The van der Waals surface area contributed by atoms with E-state index in [0.717, 1.165) is 12.1 Å². The molecule has 0 heterocycles. The first-order valence-electron chi connectivity index (χ1n) is 4.61. The van der Waals surface area contributed by atoms with Gasteiger partial charge in [0, 0.05) is 0 Å². The first-order chi connectivity index (χ1) is 7.54. The molecule has 0 aliphatic rings. The van der Waals surface area contributed by atoms with Gasteiger partial charge in [0.15, 0.2) is 0 Å². The Morgan fingerprint density at radius 2 is 2.19 bits per heavy atom. The molecule has 0 radical (unpaired) electrons. The lowest BCUT2D eigenvalue weighted by atomic mass is 10.2. The predicted molar refractivity (Wildman–Crippen MR) is 54.4 cm³/mol. The maximum absolute atomic E-state index is 12.3. The van der Waals surface area contributed by atoms with Crippen LogP contribution in [0, 0.1) is 0 Å². The van der Waals surface area contributed by atoms with Gasteiger partial charge in [-0.1, -0.05) is 6.07 Å². The maximum Gasteiger partial charge on any atom is 0.416 e. The van der Waals surface area contributed by atoms with Crippen molar-refractivity contribution in [3.8, 4) is 0 Å². The summed E-state index contributed by atoms with van der Waals surface area (Å²) in [6, 6.07) is 4.73. The van der Waals surface area contributed by atoms with Gasteiger partial charge in [0.25, 0.3) is 0 Å². The minimum atomic E-state index is -4.35. The summed E-state index contributed by atoms with van der Waals surface area (Å²) >= 11 is 0. The van der Waals surface area contributed by atoms with Gasteiger partial charge in [-0.25, -0.2) is 4.99 Å². The van der Waals surface area contributed by atoms with Crippen LogP contribution in [0.2, 0.25) is 0 Å². The average molecular weight is 232 g/mol. The molecule has 0 saturated heterocycles. The number of rotatable bonds is 4. The quantitative estimate of drug-likeness (QED) is 0.375. The third kappa shape index (κ3) is 3.90. The molecule has 0 aliphatic heterocycles. The second kappa shape index (κ2) is 5.50. The molecule has 0 bridgehead atoms. The molecule has 0 atom stereocenters. The van der Waals surface area contributed by atoms with E-state index in [9.17, 15) is 13.2 Å². The Balaban J connectivity index is 2.71. The maximum atomic E-state index is 12.3. The van der Waals surface area contributed by atoms with Crippen LogP contribution in [0.5, 0.6) is 0 Å². The number of nitrogens with zero attached hydrogens (tertiary/aromatic N) is 1. The highest BCUT2D eigenvalue weighted by Gasteiger charge is 2.30. The number of hydrogen-bond acceptors (Lipinski definition) is 2. The average Bonchev–Trinajstić information content (AvgIpc) is 2.24. The van der Waals surface area contributed by atoms with Crippen molar-refractivity contribution < 1.29 is 18.0 Å². The Bertz CT molecular complexity index is 363. The van der Waals surface area contributed by atoms with Gasteiger partial charge in [-0.2, -0.15) is 13.2 Å². The van der Waals surface area contributed by atoms with Crippen molar-refractivity contribution in [3.05, 3.63) is 29.8 Å². The van der Waals surface area contributed by atoms with Crippen molar-refractivity contribution in [1.82, 2.24) is 5.48 Å². The van der Waals surface area contributed by atoms with Gasteiger partial charge in [-0.05, 0) is 25.1 Å². The molecule has 88 valence electrons. The number of nitrogens with one attached hydrogen (secondary N) is 1. The van der Waals surface area contributed by atoms with Gasteiger partial charge >= 0.3 is 6.18 Å². The van der Waals surface area contributed by atoms with Crippen molar-refractivity contribution in [2.75, 3.05) is 6.61 Å². The van der Waals surface area contributed by atoms with Crippen molar-refractivity contribution in [1.29, 1.82) is 0 Å². The highest BCUT2D eigenvalue weighted by molar-refractivity contribution is 5.60. The van der Waals surface area contributed by atoms with Crippen molar-refractivity contribution in [2.24, 2.45) is 4.99 Å². The summed E-state index contributed by atoms with van der Waals surface area (Å²) in [7, 11) is 0. The molecule has 0 spiro atoms. The molecule has 6 heteroatoms. The van der Waals surface area contributed by atoms with E-state index in [1.54, 1.807) is 6.92 Å². The van der Waals surface area contributed by atoms with Gasteiger partial charge in [-0.15, -0.1) is 0 Å². The third-order valence-electron chi connectivity index (χ3n) is 1.67. The van der Waals surface area contributed by atoms with E-state index in [0.29, 0.717) is 6.61 Å². The Kier molecular flexibility index (Phi) is 4.30. The Morgan fingerprint density at radius 1 is 1.44 bits per heavy atom. The van der Waals surface area contributed by atoms with Gasteiger partial charge in [0.1, 0.15) is 6.34 Å². The SMILES string of the molecule is CCONC=Nc1cccc(C(F)(F)F)c1. The minimum Gasteiger partial charge on any atom is -0.276 e. The summed E-state index contributed by atoms with van der Waals surface area (Å²) in [5.74, 6) is 0. The number of halogens is 3. The lowest BCUT2D eigenvalue weighted by Crippen LogP contribution is -2.10.